The zero-order valence-corrected chi connectivity index (χ0v) is 26.4. The Labute approximate surface area is 255 Å². The Hall–Kier alpha value is -3.46. The summed E-state index contributed by atoms with van der Waals surface area (Å²) >= 11 is 3.71. The molecule has 1 N–H and O–H groups in total. The smallest absolute Gasteiger partial charge is 0.337 e. The average molecular weight is 641 g/mol. The molecule has 1 heterocycles. The summed E-state index contributed by atoms with van der Waals surface area (Å²) in [6.45, 7) is 1.88. The van der Waals surface area contributed by atoms with Crippen LogP contribution in [0, 0.1) is 0 Å². The molecule has 224 valence electrons. The number of carbonyl (C=O) groups is 2. The number of halogens is 1. The van der Waals surface area contributed by atoms with Gasteiger partial charge in [0.1, 0.15) is 6.10 Å². The molecule has 9 heteroatoms. The maximum atomic E-state index is 14.1. The Kier molecular flexibility index (Phi) is 9.16. The van der Waals surface area contributed by atoms with Crippen LogP contribution in [0.4, 0.5) is 0 Å². The van der Waals surface area contributed by atoms with E-state index in [0.29, 0.717) is 57.2 Å². The van der Waals surface area contributed by atoms with Crippen molar-refractivity contribution in [3.8, 4) is 23.0 Å². The van der Waals surface area contributed by atoms with Gasteiger partial charge < -0.3 is 29.0 Å². The minimum absolute atomic E-state index is 0.0225. The van der Waals surface area contributed by atoms with Crippen molar-refractivity contribution < 1.29 is 33.3 Å². The number of ketones is 1. The monoisotopic (exact) mass is 639 g/mol. The number of nitrogens with one attached hydrogen (secondary N) is 1. The minimum atomic E-state index is -0.634. The summed E-state index contributed by atoms with van der Waals surface area (Å²) in [7, 11) is 6.35. The molecule has 2 aromatic rings. The van der Waals surface area contributed by atoms with Crippen LogP contribution in [-0.4, -0.2) is 46.3 Å². The molecule has 3 aliphatic rings. The van der Waals surface area contributed by atoms with Gasteiger partial charge in [-0.05, 0) is 80.3 Å². The number of carbonyl (C=O) groups excluding carboxylic acids is 2. The molecule has 0 bridgehead atoms. The Morgan fingerprint density at radius 3 is 2.17 bits per heavy atom. The van der Waals surface area contributed by atoms with Gasteiger partial charge in [0.25, 0.3) is 0 Å². The summed E-state index contributed by atoms with van der Waals surface area (Å²) < 4.78 is 28.9. The third kappa shape index (κ3) is 5.76. The van der Waals surface area contributed by atoms with E-state index in [1.165, 1.54) is 0 Å². The van der Waals surface area contributed by atoms with Gasteiger partial charge in [-0.1, -0.05) is 28.4 Å². The molecule has 0 aromatic heterocycles. The fourth-order valence-corrected chi connectivity index (χ4v) is 7.00. The van der Waals surface area contributed by atoms with Crippen LogP contribution in [0.1, 0.15) is 74.8 Å². The zero-order valence-electron chi connectivity index (χ0n) is 24.8. The summed E-state index contributed by atoms with van der Waals surface area (Å²) in [5, 5.41) is 3.45. The number of Topliss-reactive ketones (excluding diaryl/α,β-unsaturated/α-hetero) is 1. The van der Waals surface area contributed by atoms with Gasteiger partial charge in [-0.25, -0.2) is 4.79 Å². The van der Waals surface area contributed by atoms with Gasteiger partial charge >= 0.3 is 5.97 Å². The quantitative estimate of drug-likeness (QED) is 0.318. The maximum Gasteiger partial charge on any atom is 0.337 e. The number of hydrogen-bond acceptors (Lipinski definition) is 8. The molecule has 8 nitrogen and oxygen atoms in total. The molecule has 5 rings (SSSR count). The van der Waals surface area contributed by atoms with Crippen molar-refractivity contribution in [2.75, 3.05) is 28.4 Å². The van der Waals surface area contributed by atoms with Gasteiger partial charge in [0.15, 0.2) is 28.8 Å². The predicted molar refractivity (Wildman–Crippen MR) is 162 cm³/mol. The summed E-state index contributed by atoms with van der Waals surface area (Å²) in [6.07, 6.45) is 5.74. The Morgan fingerprint density at radius 2 is 1.50 bits per heavy atom. The molecule has 0 spiro atoms. The number of benzene rings is 2. The number of esters is 1. The van der Waals surface area contributed by atoms with Crippen molar-refractivity contribution in [3.63, 3.8) is 0 Å². The first-order chi connectivity index (χ1) is 20.3. The second-order valence-electron chi connectivity index (χ2n) is 11.0. The van der Waals surface area contributed by atoms with Crippen molar-refractivity contribution in [2.45, 2.75) is 69.8 Å². The van der Waals surface area contributed by atoms with E-state index in [2.05, 4.69) is 21.2 Å². The fourth-order valence-electron chi connectivity index (χ4n) is 6.45. The highest BCUT2D eigenvalue weighted by Crippen LogP contribution is 2.49. The number of allylic oxidation sites excluding steroid dienone is 3. The van der Waals surface area contributed by atoms with Crippen LogP contribution in [0.15, 0.2) is 57.3 Å². The maximum absolute atomic E-state index is 14.1. The lowest BCUT2D eigenvalue weighted by Crippen LogP contribution is -2.37. The number of rotatable bonds is 8. The molecular weight excluding hydrogens is 602 g/mol. The molecule has 0 unspecified atom stereocenters. The van der Waals surface area contributed by atoms with Crippen LogP contribution in [0.3, 0.4) is 0 Å². The Bertz CT molecular complexity index is 1440. The van der Waals surface area contributed by atoms with Crippen molar-refractivity contribution in [1.29, 1.82) is 0 Å². The molecule has 42 heavy (non-hydrogen) atoms. The largest absolute Gasteiger partial charge is 0.493 e. The molecule has 1 fully saturated rings. The van der Waals surface area contributed by atoms with Crippen LogP contribution in [0.5, 0.6) is 23.0 Å². The predicted octanol–water partition coefficient (Wildman–Crippen LogP) is 6.72. The summed E-state index contributed by atoms with van der Waals surface area (Å²) in [4.78, 5) is 28.0. The van der Waals surface area contributed by atoms with Crippen LogP contribution >= 0.6 is 15.9 Å². The summed E-state index contributed by atoms with van der Waals surface area (Å²) in [6, 6.07) is 9.44. The highest BCUT2D eigenvalue weighted by Gasteiger charge is 2.43. The minimum Gasteiger partial charge on any atom is -0.493 e. The van der Waals surface area contributed by atoms with Crippen LogP contribution < -0.4 is 24.3 Å². The molecule has 2 aliphatic carbocycles. The standard InChI is InChI=1S/C33H38BrNO7/c1-18-30(33(37)42-21-9-7-6-8-10-21)31(22-16-28(40-4)29(41-5)17-23(22)34)32-24(35-18)13-20(14-25(32)36)19-11-12-26(38-2)27(15-19)39-3/h11-12,15-17,20-21,31,35H,6-10,13-14H2,1-5H3/t20-,31+/m1/s1. The average Bonchev–Trinajstić information content (AvgIpc) is 3.00. The first-order valence-corrected chi connectivity index (χ1v) is 15.2. The molecule has 0 radical (unpaired) electrons. The molecule has 1 aliphatic heterocycles. The number of dihydropyridines is 1. The topological polar surface area (TPSA) is 92.3 Å². The Morgan fingerprint density at radius 1 is 0.857 bits per heavy atom. The van der Waals surface area contributed by atoms with E-state index < -0.39 is 5.92 Å². The molecule has 0 amide bonds. The van der Waals surface area contributed by atoms with Gasteiger partial charge in [0.05, 0.1) is 34.0 Å². The van der Waals surface area contributed by atoms with Gasteiger partial charge in [-0.3, -0.25) is 4.79 Å². The van der Waals surface area contributed by atoms with E-state index in [1.807, 2.05) is 37.3 Å². The van der Waals surface area contributed by atoms with E-state index in [0.717, 1.165) is 48.9 Å². The number of hydrogen-bond donors (Lipinski definition) is 1. The first-order valence-electron chi connectivity index (χ1n) is 14.4. The highest BCUT2D eigenvalue weighted by molar-refractivity contribution is 9.10. The Balaban J connectivity index is 1.58. The van der Waals surface area contributed by atoms with E-state index >= 15 is 0 Å². The van der Waals surface area contributed by atoms with Crippen molar-refractivity contribution in [1.82, 2.24) is 5.32 Å². The fraction of sp³-hybridized carbons (Fsp3) is 0.455. The lowest BCUT2D eigenvalue weighted by molar-refractivity contribution is -0.146. The highest BCUT2D eigenvalue weighted by atomic mass is 79.9. The third-order valence-electron chi connectivity index (χ3n) is 8.57. The van der Waals surface area contributed by atoms with Gasteiger partial charge in [0, 0.05) is 33.8 Å². The van der Waals surface area contributed by atoms with E-state index in [1.54, 1.807) is 28.4 Å². The van der Waals surface area contributed by atoms with Gasteiger partial charge in [-0.15, -0.1) is 0 Å². The lowest BCUT2D eigenvalue weighted by Gasteiger charge is -2.37. The van der Waals surface area contributed by atoms with Gasteiger partial charge in [0.2, 0.25) is 0 Å². The summed E-state index contributed by atoms with van der Waals surface area (Å²) in [5.41, 5.74) is 4.26. The normalized spacial score (nSPS) is 21.0. The van der Waals surface area contributed by atoms with Crippen molar-refractivity contribution in [3.05, 3.63) is 68.5 Å². The number of ether oxygens (including phenoxy) is 5. The van der Waals surface area contributed by atoms with E-state index in [-0.39, 0.29) is 23.8 Å². The first kappa shape index (κ1) is 30.0. The van der Waals surface area contributed by atoms with Crippen molar-refractivity contribution in [2.24, 2.45) is 0 Å². The zero-order chi connectivity index (χ0) is 30.0. The van der Waals surface area contributed by atoms with E-state index in [9.17, 15) is 9.59 Å². The van der Waals surface area contributed by atoms with Crippen LogP contribution in [0.2, 0.25) is 0 Å². The molecule has 1 saturated carbocycles. The summed E-state index contributed by atoms with van der Waals surface area (Å²) in [5.74, 6) is 1.21. The van der Waals surface area contributed by atoms with Crippen LogP contribution in [-0.2, 0) is 14.3 Å². The van der Waals surface area contributed by atoms with Crippen LogP contribution in [0.25, 0.3) is 0 Å². The van der Waals surface area contributed by atoms with Crippen molar-refractivity contribution >= 4 is 27.7 Å². The number of methoxy groups -OCH3 is 4. The molecule has 2 aromatic carbocycles. The lowest BCUT2D eigenvalue weighted by atomic mass is 9.71. The SMILES string of the molecule is COc1ccc([C@H]2CC(=O)C3=C(C2)NC(C)=C(C(=O)OC2CCCCC2)[C@@H]3c2cc(OC)c(OC)cc2Br)cc1OC. The van der Waals surface area contributed by atoms with Gasteiger partial charge in [-0.2, -0.15) is 0 Å². The molecule has 0 saturated heterocycles. The molecular formula is C33H38BrNO7. The second kappa shape index (κ2) is 12.8. The second-order valence-corrected chi connectivity index (χ2v) is 11.9. The molecule has 2 atom stereocenters. The third-order valence-corrected chi connectivity index (χ3v) is 9.25. The van der Waals surface area contributed by atoms with E-state index in [4.69, 9.17) is 23.7 Å².